The second-order valence-electron chi connectivity index (χ2n) is 8.07. The molecule has 0 fully saturated rings. The van der Waals surface area contributed by atoms with E-state index in [1.54, 1.807) is 43.3 Å². The minimum atomic E-state index is -0.766. The minimum absolute atomic E-state index is 0.194. The van der Waals surface area contributed by atoms with E-state index in [0.717, 1.165) is 10.0 Å². The van der Waals surface area contributed by atoms with Crippen LogP contribution >= 0.6 is 15.9 Å². The van der Waals surface area contributed by atoms with Gasteiger partial charge in [0.05, 0.1) is 23.9 Å². The van der Waals surface area contributed by atoms with Crippen LogP contribution in [-0.4, -0.2) is 36.0 Å². The highest BCUT2D eigenvalue weighted by atomic mass is 79.9. The Morgan fingerprint density at radius 3 is 2.44 bits per heavy atom. The molecule has 1 atom stereocenters. The Morgan fingerprint density at radius 1 is 1.00 bits per heavy atom. The molecular weight excluding hydrogens is 522 g/mol. The van der Waals surface area contributed by atoms with Crippen molar-refractivity contribution in [2.75, 3.05) is 18.5 Å². The fraction of sp³-hybridized carbons (Fsp3) is 0.179. The molecule has 1 aliphatic heterocycles. The van der Waals surface area contributed by atoms with Crippen molar-refractivity contribution in [1.82, 2.24) is 10.2 Å². The van der Waals surface area contributed by atoms with Gasteiger partial charge < -0.3 is 15.4 Å². The highest BCUT2D eigenvalue weighted by molar-refractivity contribution is 9.10. The summed E-state index contributed by atoms with van der Waals surface area (Å²) in [4.78, 5) is 40.8. The van der Waals surface area contributed by atoms with Crippen LogP contribution in [0.15, 0.2) is 88.9 Å². The van der Waals surface area contributed by atoms with Crippen LogP contribution < -0.4 is 10.6 Å². The van der Waals surface area contributed by atoms with Gasteiger partial charge in [0.1, 0.15) is 0 Å². The van der Waals surface area contributed by atoms with Crippen molar-refractivity contribution in [1.29, 1.82) is 0 Å². The molecule has 0 aliphatic carbocycles. The van der Waals surface area contributed by atoms with Crippen molar-refractivity contribution in [2.45, 2.75) is 19.9 Å². The summed E-state index contributed by atoms with van der Waals surface area (Å²) in [6, 6.07) is 22.4. The van der Waals surface area contributed by atoms with Gasteiger partial charge in [-0.05, 0) is 55.3 Å². The Morgan fingerprint density at radius 2 is 1.75 bits per heavy atom. The summed E-state index contributed by atoms with van der Waals surface area (Å²) in [5.74, 6) is -0.784. The van der Waals surface area contributed by atoms with E-state index >= 15 is 0 Å². The molecule has 0 bridgehead atoms. The number of nitrogens with zero attached hydrogens (tertiary/aromatic N) is 1. The van der Waals surface area contributed by atoms with Gasteiger partial charge in [-0.25, -0.2) is 9.59 Å². The average Bonchev–Trinajstić information content (AvgIpc) is 2.88. The standard InChI is InChI=1S/C28H26BrN3O4/c1-3-32-25(18-10-6-5-7-11-18)23(27(34)36-4-2)24(31-28(32)35)19-12-9-15-22(17-19)30-26(33)20-13-8-14-21(29)16-20/h5-17,24H,3-4H2,1-2H3,(H,30,33)(H,31,35). The third-order valence-corrected chi connectivity index (χ3v) is 6.24. The molecule has 8 heteroatoms. The number of ether oxygens (including phenoxy) is 1. The Bertz CT molecular complexity index is 1320. The van der Waals surface area contributed by atoms with Crippen molar-refractivity contribution >= 4 is 45.2 Å². The number of benzene rings is 3. The molecule has 0 radical (unpaired) electrons. The summed E-state index contributed by atoms with van der Waals surface area (Å²) in [5.41, 5.74) is 3.25. The van der Waals surface area contributed by atoms with Gasteiger partial charge in [0, 0.05) is 22.3 Å². The zero-order valence-corrected chi connectivity index (χ0v) is 21.5. The zero-order chi connectivity index (χ0) is 25.7. The molecule has 3 amide bonds. The van der Waals surface area contributed by atoms with E-state index in [4.69, 9.17) is 4.74 Å². The number of anilines is 1. The highest BCUT2D eigenvalue weighted by Crippen LogP contribution is 2.37. The molecule has 0 spiro atoms. The van der Waals surface area contributed by atoms with Crippen LogP contribution in [-0.2, 0) is 9.53 Å². The number of urea groups is 1. The summed E-state index contributed by atoms with van der Waals surface area (Å²) in [5, 5.41) is 5.84. The number of hydrogen-bond donors (Lipinski definition) is 2. The Hall–Kier alpha value is -3.91. The molecule has 3 aromatic rings. The lowest BCUT2D eigenvalue weighted by molar-refractivity contribution is -0.138. The predicted octanol–water partition coefficient (Wildman–Crippen LogP) is 5.76. The lowest BCUT2D eigenvalue weighted by Crippen LogP contribution is -2.47. The van der Waals surface area contributed by atoms with E-state index in [9.17, 15) is 14.4 Å². The van der Waals surface area contributed by atoms with Crippen LogP contribution in [0.1, 0.15) is 41.4 Å². The number of nitrogens with one attached hydrogen (secondary N) is 2. The second kappa shape index (κ2) is 11.2. The van der Waals surface area contributed by atoms with Gasteiger partial charge in [-0.2, -0.15) is 0 Å². The van der Waals surface area contributed by atoms with E-state index in [-0.39, 0.29) is 18.5 Å². The van der Waals surface area contributed by atoms with Crippen LogP contribution in [0.5, 0.6) is 0 Å². The minimum Gasteiger partial charge on any atom is -0.463 e. The second-order valence-corrected chi connectivity index (χ2v) is 8.98. The van der Waals surface area contributed by atoms with E-state index < -0.39 is 12.0 Å². The molecule has 1 unspecified atom stereocenters. The molecule has 0 aromatic heterocycles. The smallest absolute Gasteiger partial charge is 0.338 e. The number of halogens is 1. The van der Waals surface area contributed by atoms with E-state index in [2.05, 4.69) is 26.6 Å². The van der Waals surface area contributed by atoms with Crippen LogP contribution in [0, 0.1) is 0 Å². The number of hydrogen-bond acceptors (Lipinski definition) is 4. The molecule has 0 saturated heterocycles. The van der Waals surface area contributed by atoms with Gasteiger partial charge in [0.15, 0.2) is 0 Å². The van der Waals surface area contributed by atoms with Crippen LogP contribution in [0.25, 0.3) is 5.70 Å². The van der Waals surface area contributed by atoms with Crippen LogP contribution in [0.4, 0.5) is 10.5 Å². The number of carbonyl (C=O) groups excluding carboxylic acids is 3. The number of esters is 1. The topological polar surface area (TPSA) is 87.7 Å². The van der Waals surface area contributed by atoms with Gasteiger partial charge in [-0.1, -0.05) is 64.5 Å². The maximum atomic E-state index is 13.3. The van der Waals surface area contributed by atoms with Crippen molar-refractivity contribution in [3.63, 3.8) is 0 Å². The lowest BCUT2D eigenvalue weighted by atomic mass is 9.91. The maximum Gasteiger partial charge on any atom is 0.338 e. The summed E-state index contributed by atoms with van der Waals surface area (Å²) in [6.07, 6.45) is 0. The number of rotatable bonds is 7. The third-order valence-electron chi connectivity index (χ3n) is 5.75. The Labute approximate surface area is 218 Å². The fourth-order valence-electron chi connectivity index (χ4n) is 4.17. The molecule has 0 saturated carbocycles. The number of amides is 3. The monoisotopic (exact) mass is 547 g/mol. The van der Waals surface area contributed by atoms with Gasteiger partial charge in [0.25, 0.3) is 5.91 Å². The van der Waals surface area contributed by atoms with Gasteiger partial charge in [-0.3, -0.25) is 9.69 Å². The summed E-state index contributed by atoms with van der Waals surface area (Å²) < 4.78 is 6.23. The van der Waals surface area contributed by atoms with Crippen LogP contribution in [0.3, 0.4) is 0 Å². The lowest BCUT2D eigenvalue weighted by Gasteiger charge is -2.36. The van der Waals surface area contributed by atoms with Crippen molar-refractivity contribution in [2.24, 2.45) is 0 Å². The van der Waals surface area contributed by atoms with E-state index in [0.29, 0.717) is 34.6 Å². The first kappa shape index (κ1) is 25.2. The first-order valence-corrected chi connectivity index (χ1v) is 12.4. The average molecular weight is 548 g/mol. The van der Waals surface area contributed by atoms with Crippen molar-refractivity contribution < 1.29 is 19.1 Å². The third kappa shape index (κ3) is 5.33. The predicted molar refractivity (Wildman–Crippen MR) is 142 cm³/mol. The Balaban J connectivity index is 1.78. The number of carbonyl (C=O) groups is 3. The molecule has 1 aliphatic rings. The largest absolute Gasteiger partial charge is 0.463 e. The molecule has 7 nitrogen and oxygen atoms in total. The molecule has 1 heterocycles. The first-order chi connectivity index (χ1) is 17.4. The summed E-state index contributed by atoms with van der Waals surface area (Å²) in [7, 11) is 0. The van der Waals surface area contributed by atoms with E-state index in [1.165, 1.54) is 4.90 Å². The normalized spacial score (nSPS) is 15.4. The quantitative estimate of drug-likeness (QED) is 0.368. The molecule has 2 N–H and O–H groups in total. The van der Waals surface area contributed by atoms with E-state index in [1.807, 2.05) is 49.4 Å². The zero-order valence-electron chi connectivity index (χ0n) is 20.0. The van der Waals surface area contributed by atoms with Crippen molar-refractivity contribution in [3.8, 4) is 0 Å². The maximum absolute atomic E-state index is 13.3. The summed E-state index contributed by atoms with van der Waals surface area (Å²) in [6.45, 7) is 4.16. The van der Waals surface area contributed by atoms with Crippen molar-refractivity contribution in [3.05, 3.63) is 106 Å². The molecule has 36 heavy (non-hydrogen) atoms. The summed E-state index contributed by atoms with van der Waals surface area (Å²) >= 11 is 3.38. The van der Waals surface area contributed by atoms with Crippen LogP contribution in [0.2, 0.25) is 0 Å². The fourth-order valence-corrected chi connectivity index (χ4v) is 4.57. The molecular formula is C28H26BrN3O4. The molecule has 184 valence electrons. The van der Waals surface area contributed by atoms with Gasteiger partial charge in [0.2, 0.25) is 0 Å². The highest BCUT2D eigenvalue weighted by Gasteiger charge is 2.38. The first-order valence-electron chi connectivity index (χ1n) is 11.6. The molecule has 3 aromatic carbocycles. The SMILES string of the molecule is CCOC(=O)C1=C(c2ccccc2)N(CC)C(=O)NC1c1cccc(NC(=O)c2cccc(Br)c2)c1. The van der Waals surface area contributed by atoms with Gasteiger partial charge >= 0.3 is 12.0 Å². The Kier molecular flexibility index (Phi) is 7.85. The van der Waals surface area contributed by atoms with Gasteiger partial charge in [-0.15, -0.1) is 0 Å². The molecule has 4 rings (SSSR count).